The predicted molar refractivity (Wildman–Crippen MR) is 144 cm³/mol. The predicted octanol–water partition coefficient (Wildman–Crippen LogP) is 4.53. The summed E-state index contributed by atoms with van der Waals surface area (Å²) in [7, 11) is 4.77. The average molecular weight is 565 g/mol. The molecule has 4 aliphatic heterocycles. The molecule has 2 fully saturated rings. The Morgan fingerprint density at radius 2 is 1.51 bits per heavy atom. The van der Waals surface area contributed by atoms with Gasteiger partial charge in [0.1, 0.15) is 35.1 Å². The van der Waals surface area contributed by atoms with Crippen molar-refractivity contribution >= 4 is 0 Å². The van der Waals surface area contributed by atoms with Crippen LogP contribution in [-0.2, 0) is 9.47 Å². The smallest absolute Gasteiger partial charge is 0.231 e. The monoisotopic (exact) mass is 564 g/mol. The third-order valence-electron chi connectivity index (χ3n) is 8.45. The van der Waals surface area contributed by atoms with E-state index in [4.69, 9.17) is 42.6 Å². The van der Waals surface area contributed by atoms with Crippen LogP contribution in [0, 0.1) is 5.92 Å². The van der Waals surface area contributed by atoms with Gasteiger partial charge in [-0.05, 0) is 37.3 Å². The first-order valence-corrected chi connectivity index (χ1v) is 13.6. The van der Waals surface area contributed by atoms with Crippen molar-refractivity contribution in [3.05, 3.63) is 65.2 Å². The van der Waals surface area contributed by atoms with Crippen molar-refractivity contribution in [2.45, 2.75) is 36.9 Å². The van der Waals surface area contributed by atoms with E-state index in [9.17, 15) is 5.11 Å². The van der Waals surface area contributed by atoms with Crippen molar-refractivity contribution in [2.24, 2.45) is 5.92 Å². The van der Waals surface area contributed by atoms with Gasteiger partial charge in [-0.3, -0.25) is 0 Å². The van der Waals surface area contributed by atoms with Crippen molar-refractivity contribution in [2.75, 3.05) is 41.3 Å². The number of hydrogen-bond acceptors (Lipinski definition) is 10. The second-order valence-electron chi connectivity index (χ2n) is 10.6. The molecule has 4 heterocycles. The van der Waals surface area contributed by atoms with E-state index in [1.54, 1.807) is 21.3 Å². The normalized spacial score (nSPS) is 29.2. The van der Waals surface area contributed by atoms with Crippen molar-refractivity contribution < 1.29 is 47.7 Å². The SMILES string of the molecule is COc1cc2c(cc1[C@@H]1OC[C@@]3(O)[C@H](c4c(OC)cccc4OC)OC[C@@H]13)O[C@@H](C)[C@H](c1ccc3c(c1)OCO3)O2. The molecule has 216 valence electrons. The summed E-state index contributed by atoms with van der Waals surface area (Å²) >= 11 is 0. The lowest BCUT2D eigenvalue weighted by Crippen LogP contribution is -2.39. The van der Waals surface area contributed by atoms with Gasteiger partial charge in [0.25, 0.3) is 0 Å². The molecule has 0 radical (unpaired) electrons. The molecule has 0 unspecified atom stereocenters. The van der Waals surface area contributed by atoms with Gasteiger partial charge in [-0.25, -0.2) is 0 Å². The molecule has 2 saturated heterocycles. The highest BCUT2D eigenvalue weighted by molar-refractivity contribution is 5.55. The zero-order valence-corrected chi connectivity index (χ0v) is 23.2. The van der Waals surface area contributed by atoms with E-state index in [0.29, 0.717) is 45.8 Å². The van der Waals surface area contributed by atoms with Crippen molar-refractivity contribution in [3.8, 4) is 40.2 Å². The summed E-state index contributed by atoms with van der Waals surface area (Å²) in [5, 5.41) is 12.0. The molecule has 0 bridgehead atoms. The Morgan fingerprint density at radius 3 is 2.27 bits per heavy atom. The second-order valence-corrected chi connectivity index (χ2v) is 10.6. The van der Waals surface area contributed by atoms with E-state index in [1.807, 2.05) is 55.5 Å². The van der Waals surface area contributed by atoms with Crippen LogP contribution < -0.4 is 33.2 Å². The Kier molecular flexibility index (Phi) is 6.29. The number of fused-ring (bicyclic) bond motifs is 3. The van der Waals surface area contributed by atoms with Gasteiger partial charge in [-0.2, -0.15) is 0 Å². The van der Waals surface area contributed by atoms with Crippen LogP contribution >= 0.6 is 0 Å². The topological polar surface area (TPSA) is 103 Å². The highest BCUT2D eigenvalue weighted by Crippen LogP contribution is 2.58. The van der Waals surface area contributed by atoms with Gasteiger partial charge in [0, 0.05) is 23.1 Å². The summed E-state index contributed by atoms with van der Waals surface area (Å²) in [6, 6.07) is 14.9. The highest BCUT2D eigenvalue weighted by atomic mass is 16.7. The Hall–Kier alpha value is -3.86. The third kappa shape index (κ3) is 4.04. The fraction of sp³-hybridized carbons (Fsp3) is 0.419. The van der Waals surface area contributed by atoms with Crippen LogP contribution in [0.15, 0.2) is 48.5 Å². The summed E-state index contributed by atoms with van der Waals surface area (Å²) < 4.78 is 53.3. The zero-order valence-electron chi connectivity index (χ0n) is 23.2. The molecule has 1 N–H and O–H groups in total. The molecule has 41 heavy (non-hydrogen) atoms. The lowest BCUT2D eigenvalue weighted by molar-refractivity contribution is -0.0643. The van der Waals surface area contributed by atoms with Gasteiger partial charge < -0.3 is 47.7 Å². The van der Waals surface area contributed by atoms with Crippen LogP contribution in [0.2, 0.25) is 0 Å². The first-order valence-electron chi connectivity index (χ1n) is 13.6. The van der Waals surface area contributed by atoms with Crippen LogP contribution in [0.4, 0.5) is 0 Å². The molecule has 7 rings (SSSR count). The number of methoxy groups -OCH3 is 3. The van der Waals surface area contributed by atoms with Crippen LogP contribution in [-0.4, -0.2) is 58.1 Å². The standard InChI is InChI=1S/C31H32O10/c1-16-28(17-8-9-20-24(10-17)39-15-38-20)41-26-12-23(35-4)18(11-25(26)40-16)29-19-13-36-30(31(19,32)14-37-29)27-21(33-2)6-5-7-22(27)34-3/h5-12,16,19,28-30,32H,13-15H2,1-4H3/t16-,19-,28+,29-,30-,31-/m0/s1. The number of rotatable bonds is 6. The maximum atomic E-state index is 12.0. The molecule has 0 amide bonds. The number of hydrogen-bond donors (Lipinski definition) is 1. The maximum Gasteiger partial charge on any atom is 0.231 e. The minimum Gasteiger partial charge on any atom is -0.496 e. The Labute approximate surface area is 237 Å². The second kappa shape index (κ2) is 9.90. The van der Waals surface area contributed by atoms with Crippen LogP contribution in [0.25, 0.3) is 0 Å². The summed E-state index contributed by atoms with van der Waals surface area (Å²) in [4.78, 5) is 0. The molecule has 6 atom stereocenters. The first-order chi connectivity index (χ1) is 19.9. The summed E-state index contributed by atoms with van der Waals surface area (Å²) in [6.45, 7) is 2.50. The van der Waals surface area contributed by atoms with Crippen molar-refractivity contribution in [1.29, 1.82) is 0 Å². The molecule has 3 aromatic rings. The maximum absolute atomic E-state index is 12.0. The lowest BCUT2D eigenvalue weighted by atomic mass is 9.80. The minimum atomic E-state index is -1.32. The largest absolute Gasteiger partial charge is 0.496 e. The summed E-state index contributed by atoms with van der Waals surface area (Å²) in [5.41, 5.74) is 1.01. The molecule has 3 aromatic carbocycles. The molecule has 4 aliphatic rings. The van der Waals surface area contributed by atoms with Gasteiger partial charge in [0.05, 0.1) is 46.2 Å². The van der Waals surface area contributed by atoms with Crippen LogP contribution in [0.5, 0.6) is 40.2 Å². The van der Waals surface area contributed by atoms with Crippen molar-refractivity contribution in [1.82, 2.24) is 0 Å². The molecule has 0 aromatic heterocycles. The Balaban J connectivity index is 1.19. The summed E-state index contributed by atoms with van der Waals surface area (Å²) in [6.07, 6.45) is -1.85. The van der Waals surface area contributed by atoms with Gasteiger partial charge in [0.2, 0.25) is 6.79 Å². The average Bonchev–Trinajstić information content (AvgIpc) is 3.68. The van der Waals surface area contributed by atoms with E-state index in [2.05, 4.69) is 0 Å². The third-order valence-corrected chi connectivity index (χ3v) is 8.45. The lowest BCUT2D eigenvalue weighted by Gasteiger charge is -2.33. The summed E-state index contributed by atoms with van der Waals surface area (Å²) in [5.74, 6) is 3.88. The zero-order chi connectivity index (χ0) is 28.3. The van der Waals surface area contributed by atoms with E-state index in [1.165, 1.54) is 0 Å². The minimum absolute atomic E-state index is 0.0639. The molecule has 0 aliphatic carbocycles. The molecule has 10 nitrogen and oxygen atoms in total. The van der Waals surface area contributed by atoms with Gasteiger partial charge in [-0.1, -0.05) is 12.1 Å². The molecule has 0 spiro atoms. The quantitative estimate of drug-likeness (QED) is 0.459. The number of ether oxygens (including phenoxy) is 9. The molecule has 0 saturated carbocycles. The van der Waals surface area contributed by atoms with Gasteiger partial charge >= 0.3 is 0 Å². The van der Waals surface area contributed by atoms with Gasteiger partial charge in [-0.15, -0.1) is 0 Å². The first kappa shape index (κ1) is 26.1. The molecular weight excluding hydrogens is 532 g/mol. The van der Waals surface area contributed by atoms with E-state index in [0.717, 1.165) is 11.1 Å². The fourth-order valence-electron chi connectivity index (χ4n) is 6.40. The van der Waals surface area contributed by atoms with E-state index < -0.39 is 17.8 Å². The Bertz CT molecular complexity index is 1450. The van der Waals surface area contributed by atoms with Gasteiger partial charge in [0.15, 0.2) is 29.1 Å². The highest BCUT2D eigenvalue weighted by Gasteiger charge is 2.61. The fourth-order valence-corrected chi connectivity index (χ4v) is 6.40. The van der Waals surface area contributed by atoms with Crippen LogP contribution in [0.3, 0.4) is 0 Å². The van der Waals surface area contributed by atoms with E-state index >= 15 is 0 Å². The van der Waals surface area contributed by atoms with Crippen LogP contribution in [0.1, 0.15) is 41.9 Å². The molecular formula is C31H32O10. The number of benzene rings is 3. The van der Waals surface area contributed by atoms with Crippen molar-refractivity contribution in [3.63, 3.8) is 0 Å². The molecule has 10 heteroatoms. The number of aliphatic hydroxyl groups is 1. The van der Waals surface area contributed by atoms with E-state index in [-0.39, 0.29) is 38.1 Å². The Morgan fingerprint density at radius 1 is 0.780 bits per heavy atom.